The summed E-state index contributed by atoms with van der Waals surface area (Å²) in [6, 6.07) is 0. The summed E-state index contributed by atoms with van der Waals surface area (Å²) in [5, 5.41) is 9.59. The first-order valence-corrected chi connectivity index (χ1v) is 7.31. The van der Waals surface area contributed by atoms with Crippen molar-refractivity contribution in [1.82, 2.24) is 4.90 Å². The van der Waals surface area contributed by atoms with Crippen molar-refractivity contribution in [3.8, 4) is 0 Å². The average Bonchev–Trinajstić information content (AvgIpc) is 2.31. The molecule has 18 heavy (non-hydrogen) atoms. The number of nitrogens with zero attached hydrogens (tertiary/aromatic N) is 1. The van der Waals surface area contributed by atoms with Crippen molar-refractivity contribution in [1.29, 1.82) is 0 Å². The predicted octanol–water partition coefficient (Wildman–Crippen LogP) is 3.25. The molecule has 1 aliphatic rings. The fourth-order valence-electron chi connectivity index (χ4n) is 3.00. The summed E-state index contributed by atoms with van der Waals surface area (Å²) in [4.78, 5) is 13.9. The maximum absolute atomic E-state index is 11.6. The zero-order valence-electron chi connectivity index (χ0n) is 12.4. The summed E-state index contributed by atoms with van der Waals surface area (Å²) in [5.41, 5.74) is -0.491. The number of hydrogen-bond donors (Lipinski definition) is 1. The SMILES string of the molecule is CCC(C)CN(C)CC1(C(=O)O)CCC(C)CC1. The van der Waals surface area contributed by atoms with Crippen molar-refractivity contribution in [3.63, 3.8) is 0 Å². The predicted molar refractivity (Wildman–Crippen MR) is 74.7 cm³/mol. The van der Waals surface area contributed by atoms with E-state index < -0.39 is 11.4 Å². The maximum Gasteiger partial charge on any atom is 0.310 e. The molecule has 0 heterocycles. The molecule has 0 aromatic heterocycles. The van der Waals surface area contributed by atoms with Gasteiger partial charge in [-0.1, -0.05) is 27.2 Å². The number of rotatable bonds is 6. The smallest absolute Gasteiger partial charge is 0.310 e. The van der Waals surface area contributed by atoms with Crippen molar-refractivity contribution < 1.29 is 9.90 Å². The van der Waals surface area contributed by atoms with Crippen molar-refractivity contribution >= 4 is 5.97 Å². The average molecular weight is 255 g/mol. The summed E-state index contributed by atoms with van der Waals surface area (Å²) in [6.07, 6.45) is 4.96. The van der Waals surface area contributed by atoms with E-state index in [0.29, 0.717) is 18.4 Å². The Bertz CT molecular complexity index is 270. The molecule has 1 rings (SSSR count). The molecule has 1 atom stereocenters. The van der Waals surface area contributed by atoms with Gasteiger partial charge in [0.05, 0.1) is 5.41 Å². The Morgan fingerprint density at radius 1 is 1.44 bits per heavy atom. The number of carboxylic acid groups (broad SMARTS) is 1. The summed E-state index contributed by atoms with van der Waals surface area (Å²) in [7, 11) is 2.06. The van der Waals surface area contributed by atoms with Crippen molar-refractivity contribution in [3.05, 3.63) is 0 Å². The minimum Gasteiger partial charge on any atom is -0.481 e. The molecule has 0 aliphatic heterocycles. The fourth-order valence-corrected chi connectivity index (χ4v) is 3.00. The molecule has 1 fully saturated rings. The number of hydrogen-bond acceptors (Lipinski definition) is 2. The highest BCUT2D eigenvalue weighted by Crippen LogP contribution is 2.39. The molecular formula is C15H29NO2. The van der Waals surface area contributed by atoms with E-state index in [0.717, 1.165) is 38.6 Å². The first kappa shape index (κ1) is 15.5. The van der Waals surface area contributed by atoms with Crippen molar-refractivity contribution in [2.75, 3.05) is 20.1 Å². The molecule has 0 amide bonds. The third-order valence-corrected chi connectivity index (χ3v) is 4.58. The molecule has 0 saturated heterocycles. The van der Waals surface area contributed by atoms with Crippen LogP contribution in [-0.4, -0.2) is 36.1 Å². The van der Waals surface area contributed by atoms with Crippen molar-refractivity contribution in [2.45, 2.75) is 52.9 Å². The van der Waals surface area contributed by atoms with Crippen LogP contribution in [0.25, 0.3) is 0 Å². The highest BCUT2D eigenvalue weighted by Gasteiger charge is 2.41. The Labute approximate surface area is 112 Å². The monoisotopic (exact) mass is 255 g/mol. The van der Waals surface area contributed by atoms with E-state index in [-0.39, 0.29) is 0 Å². The van der Waals surface area contributed by atoms with Gasteiger partial charge < -0.3 is 10.0 Å². The van der Waals surface area contributed by atoms with Crippen LogP contribution in [0.1, 0.15) is 52.9 Å². The second-order valence-electron chi connectivity index (χ2n) is 6.48. The topological polar surface area (TPSA) is 40.5 Å². The van der Waals surface area contributed by atoms with Crippen LogP contribution in [0, 0.1) is 17.3 Å². The van der Waals surface area contributed by atoms with Crippen LogP contribution in [-0.2, 0) is 4.79 Å². The van der Waals surface area contributed by atoms with E-state index in [2.05, 4.69) is 32.7 Å². The standard InChI is InChI=1S/C15H29NO2/c1-5-12(2)10-16(4)11-15(14(17)18)8-6-13(3)7-9-15/h12-13H,5-11H2,1-4H3,(H,17,18). The van der Waals surface area contributed by atoms with E-state index in [1.165, 1.54) is 0 Å². The van der Waals surface area contributed by atoms with Gasteiger partial charge in [0.15, 0.2) is 0 Å². The summed E-state index contributed by atoms with van der Waals surface area (Å²) in [5.74, 6) is 0.742. The lowest BCUT2D eigenvalue weighted by Gasteiger charge is -2.39. The maximum atomic E-state index is 11.6. The molecule has 0 aromatic carbocycles. The van der Waals surface area contributed by atoms with Gasteiger partial charge in [0.25, 0.3) is 0 Å². The van der Waals surface area contributed by atoms with Gasteiger partial charge in [0.2, 0.25) is 0 Å². The Balaban J connectivity index is 2.60. The van der Waals surface area contributed by atoms with Gasteiger partial charge in [-0.25, -0.2) is 0 Å². The van der Waals surface area contributed by atoms with Crippen LogP contribution < -0.4 is 0 Å². The number of carbonyl (C=O) groups is 1. The minimum absolute atomic E-state index is 0.491. The van der Waals surface area contributed by atoms with E-state index in [4.69, 9.17) is 0 Å². The first-order chi connectivity index (χ1) is 8.39. The van der Waals surface area contributed by atoms with Crippen LogP contribution >= 0.6 is 0 Å². The molecule has 1 unspecified atom stereocenters. The molecule has 1 saturated carbocycles. The van der Waals surface area contributed by atoms with Crippen LogP contribution in [0.3, 0.4) is 0 Å². The van der Waals surface area contributed by atoms with Crippen LogP contribution in [0.15, 0.2) is 0 Å². The highest BCUT2D eigenvalue weighted by atomic mass is 16.4. The third-order valence-electron chi connectivity index (χ3n) is 4.58. The van der Waals surface area contributed by atoms with E-state index >= 15 is 0 Å². The Morgan fingerprint density at radius 2 is 2.00 bits per heavy atom. The fraction of sp³-hybridized carbons (Fsp3) is 0.933. The van der Waals surface area contributed by atoms with Crippen LogP contribution in [0.4, 0.5) is 0 Å². The second-order valence-corrected chi connectivity index (χ2v) is 6.48. The molecule has 3 heteroatoms. The lowest BCUT2D eigenvalue weighted by atomic mass is 9.70. The Morgan fingerprint density at radius 3 is 2.44 bits per heavy atom. The van der Waals surface area contributed by atoms with Gasteiger partial charge in [-0.3, -0.25) is 4.79 Å². The van der Waals surface area contributed by atoms with Gasteiger partial charge >= 0.3 is 5.97 Å². The van der Waals surface area contributed by atoms with Gasteiger partial charge in [-0.2, -0.15) is 0 Å². The van der Waals surface area contributed by atoms with Crippen molar-refractivity contribution in [2.24, 2.45) is 17.3 Å². The number of aliphatic carboxylic acids is 1. The quantitative estimate of drug-likeness (QED) is 0.792. The Hall–Kier alpha value is -0.570. The number of carboxylic acids is 1. The van der Waals surface area contributed by atoms with Gasteiger partial charge in [0, 0.05) is 13.1 Å². The summed E-state index contributed by atoms with van der Waals surface area (Å²) in [6.45, 7) is 8.36. The van der Waals surface area contributed by atoms with Gasteiger partial charge in [0.1, 0.15) is 0 Å². The second kappa shape index (κ2) is 6.55. The normalized spacial score (nSPS) is 30.4. The largest absolute Gasteiger partial charge is 0.481 e. The molecule has 0 radical (unpaired) electrons. The zero-order valence-corrected chi connectivity index (χ0v) is 12.4. The first-order valence-electron chi connectivity index (χ1n) is 7.31. The van der Waals surface area contributed by atoms with Crippen LogP contribution in [0.5, 0.6) is 0 Å². The van der Waals surface area contributed by atoms with E-state index in [9.17, 15) is 9.90 Å². The van der Waals surface area contributed by atoms with Crippen LogP contribution in [0.2, 0.25) is 0 Å². The van der Waals surface area contributed by atoms with E-state index in [1.807, 2.05) is 0 Å². The molecular weight excluding hydrogens is 226 g/mol. The molecule has 3 nitrogen and oxygen atoms in total. The molecule has 1 N–H and O–H groups in total. The third kappa shape index (κ3) is 3.98. The lowest BCUT2D eigenvalue weighted by Crippen LogP contribution is -2.45. The van der Waals surface area contributed by atoms with Gasteiger partial charge in [-0.15, -0.1) is 0 Å². The summed E-state index contributed by atoms with van der Waals surface area (Å²) >= 11 is 0. The summed E-state index contributed by atoms with van der Waals surface area (Å²) < 4.78 is 0. The van der Waals surface area contributed by atoms with Gasteiger partial charge in [-0.05, 0) is 44.6 Å². The molecule has 106 valence electrons. The zero-order chi connectivity index (χ0) is 13.8. The molecule has 1 aliphatic carbocycles. The molecule has 0 aromatic rings. The lowest BCUT2D eigenvalue weighted by molar-refractivity contribution is -0.153. The van der Waals surface area contributed by atoms with E-state index in [1.54, 1.807) is 0 Å². The molecule has 0 bridgehead atoms. The minimum atomic E-state index is -0.592. The highest BCUT2D eigenvalue weighted by molar-refractivity contribution is 5.75. The molecule has 0 spiro atoms. The Kier molecular flexibility index (Phi) is 5.64.